The summed E-state index contributed by atoms with van der Waals surface area (Å²) < 4.78 is 18.9. The number of nitrogens with one attached hydrogen (secondary N) is 2. The van der Waals surface area contributed by atoms with Gasteiger partial charge in [0.05, 0.1) is 28.6 Å². The number of hydrogen-bond donors (Lipinski definition) is 2. The van der Waals surface area contributed by atoms with Crippen molar-refractivity contribution in [2.75, 3.05) is 33.7 Å². The number of piperidine rings is 1. The standard InChI is InChI=1S/C31H32FN7O3/c1-36-11-8-18(9-12-36)16-37(2)31(42)22-17-39-24(32)13-21-20(7-6-19(14-33-22)28(21)39)26-27(30(41)35-29(26)40)23-15-34-25-5-3-4-10-38(23)25/h3-7,10,13,15,18,22,33H,8-9,11-12,14,16-17H2,1-2H3,(H,35,40,41). The molecule has 3 aliphatic heterocycles. The maximum Gasteiger partial charge on any atom is 0.261 e. The largest absolute Gasteiger partial charge is 0.344 e. The maximum atomic E-state index is 15.7. The third-order valence-electron chi connectivity index (χ3n) is 8.91. The normalized spacial score (nSPS) is 20.0. The van der Waals surface area contributed by atoms with E-state index in [4.69, 9.17) is 0 Å². The summed E-state index contributed by atoms with van der Waals surface area (Å²) in [5.74, 6) is -1.19. The molecular formula is C31H32FN7O3. The second kappa shape index (κ2) is 10.2. The molecule has 3 aromatic heterocycles. The number of imide groups is 1. The molecule has 0 saturated carbocycles. The van der Waals surface area contributed by atoms with Crippen molar-refractivity contribution >= 4 is 45.4 Å². The first-order chi connectivity index (χ1) is 20.3. The van der Waals surface area contributed by atoms with Gasteiger partial charge in [0.25, 0.3) is 11.8 Å². The molecule has 0 spiro atoms. The van der Waals surface area contributed by atoms with Crippen LogP contribution in [0.5, 0.6) is 0 Å². The van der Waals surface area contributed by atoms with Gasteiger partial charge in [0.15, 0.2) is 5.95 Å². The highest BCUT2D eigenvalue weighted by molar-refractivity contribution is 6.49. The topological polar surface area (TPSA) is 104 Å². The molecule has 0 bridgehead atoms. The van der Waals surface area contributed by atoms with Crippen LogP contribution >= 0.6 is 0 Å². The average molecular weight is 570 g/mol. The molecule has 1 fully saturated rings. The highest BCUT2D eigenvalue weighted by atomic mass is 19.1. The lowest BCUT2D eigenvalue weighted by Crippen LogP contribution is -2.48. The Balaban J connectivity index is 1.25. The zero-order valence-corrected chi connectivity index (χ0v) is 23.6. The van der Waals surface area contributed by atoms with Gasteiger partial charge < -0.3 is 19.7 Å². The van der Waals surface area contributed by atoms with Crippen molar-refractivity contribution in [2.24, 2.45) is 5.92 Å². The number of nitrogens with zero attached hydrogens (tertiary/aromatic N) is 5. The van der Waals surface area contributed by atoms with Crippen LogP contribution < -0.4 is 10.6 Å². The van der Waals surface area contributed by atoms with Gasteiger partial charge in [0.2, 0.25) is 5.91 Å². The number of carbonyl (C=O) groups excluding carboxylic acids is 3. The lowest BCUT2D eigenvalue weighted by atomic mass is 9.95. The van der Waals surface area contributed by atoms with Crippen LogP contribution in [-0.4, -0.2) is 81.2 Å². The summed E-state index contributed by atoms with van der Waals surface area (Å²) in [6.45, 7) is 3.21. The van der Waals surface area contributed by atoms with Crippen LogP contribution in [0.25, 0.3) is 27.7 Å². The predicted molar refractivity (Wildman–Crippen MR) is 156 cm³/mol. The minimum absolute atomic E-state index is 0.0680. The molecule has 0 aliphatic carbocycles. The quantitative estimate of drug-likeness (QED) is 0.358. The number of rotatable bonds is 5. The van der Waals surface area contributed by atoms with E-state index in [1.165, 1.54) is 10.6 Å². The number of halogens is 1. The molecule has 3 aliphatic rings. The molecule has 2 N–H and O–H groups in total. The lowest BCUT2D eigenvalue weighted by Gasteiger charge is -2.33. The summed E-state index contributed by atoms with van der Waals surface area (Å²) in [6, 6.07) is 9.87. The van der Waals surface area contributed by atoms with Crippen LogP contribution in [-0.2, 0) is 27.5 Å². The zero-order chi connectivity index (χ0) is 29.1. The van der Waals surface area contributed by atoms with Gasteiger partial charge in [0.1, 0.15) is 11.7 Å². The minimum Gasteiger partial charge on any atom is -0.344 e. The molecule has 1 saturated heterocycles. The molecule has 216 valence electrons. The van der Waals surface area contributed by atoms with Crippen molar-refractivity contribution in [1.29, 1.82) is 0 Å². The summed E-state index contributed by atoms with van der Waals surface area (Å²) in [4.78, 5) is 48.3. The van der Waals surface area contributed by atoms with Crippen molar-refractivity contribution in [3.63, 3.8) is 0 Å². The summed E-state index contributed by atoms with van der Waals surface area (Å²) in [5, 5.41) is 6.28. The van der Waals surface area contributed by atoms with Crippen LogP contribution in [0.3, 0.4) is 0 Å². The molecule has 1 atom stereocenters. The molecule has 1 aromatic carbocycles. The van der Waals surface area contributed by atoms with Gasteiger partial charge in [-0.2, -0.15) is 4.39 Å². The Bertz CT molecular complexity index is 1800. The first-order valence-electron chi connectivity index (χ1n) is 14.3. The Hall–Kier alpha value is -4.35. The molecule has 4 aromatic rings. The van der Waals surface area contributed by atoms with E-state index in [-0.39, 0.29) is 23.6 Å². The summed E-state index contributed by atoms with van der Waals surface area (Å²) in [6.07, 6.45) is 5.45. The number of benzene rings is 1. The Labute approximate surface area is 241 Å². The Morgan fingerprint density at radius 3 is 2.71 bits per heavy atom. The second-order valence-corrected chi connectivity index (χ2v) is 11.6. The zero-order valence-electron chi connectivity index (χ0n) is 23.6. The van der Waals surface area contributed by atoms with Gasteiger partial charge >= 0.3 is 0 Å². The fraction of sp³-hybridized carbons (Fsp3) is 0.355. The predicted octanol–water partition coefficient (Wildman–Crippen LogP) is 2.27. The van der Waals surface area contributed by atoms with Crippen molar-refractivity contribution in [2.45, 2.75) is 32.0 Å². The van der Waals surface area contributed by atoms with Crippen molar-refractivity contribution in [1.82, 2.24) is 34.4 Å². The molecule has 11 heteroatoms. The first-order valence-corrected chi connectivity index (χ1v) is 14.3. The van der Waals surface area contributed by atoms with Crippen molar-refractivity contribution in [3.05, 3.63) is 71.6 Å². The van der Waals surface area contributed by atoms with Crippen LogP contribution in [0.1, 0.15) is 29.7 Å². The monoisotopic (exact) mass is 569 g/mol. The van der Waals surface area contributed by atoms with E-state index in [1.54, 1.807) is 27.8 Å². The highest BCUT2D eigenvalue weighted by Gasteiger charge is 2.36. The fourth-order valence-corrected chi connectivity index (χ4v) is 6.67. The SMILES string of the molecule is CN1CCC(CN(C)C(=O)C2Cn3c(F)cc4c(C5=C(c6cnc7ccccn67)C(=O)NC5=O)ccc(c43)CN2)CC1. The van der Waals surface area contributed by atoms with E-state index in [1.807, 2.05) is 31.3 Å². The summed E-state index contributed by atoms with van der Waals surface area (Å²) >= 11 is 0. The summed E-state index contributed by atoms with van der Waals surface area (Å²) in [7, 11) is 3.94. The number of fused-ring (bicyclic) bond motifs is 1. The second-order valence-electron chi connectivity index (χ2n) is 11.6. The Morgan fingerprint density at radius 1 is 1.12 bits per heavy atom. The number of likely N-dealkylation sites (N-methyl/N-ethyl adjacent to an activating group) is 1. The van der Waals surface area contributed by atoms with Crippen molar-refractivity contribution in [3.8, 4) is 0 Å². The van der Waals surface area contributed by atoms with Gasteiger partial charge in [-0.15, -0.1) is 0 Å². The molecule has 7 rings (SSSR count). The number of amides is 3. The average Bonchev–Trinajstić information content (AvgIpc) is 3.58. The molecule has 10 nitrogen and oxygen atoms in total. The molecule has 42 heavy (non-hydrogen) atoms. The van der Waals surface area contributed by atoms with Crippen molar-refractivity contribution < 1.29 is 18.8 Å². The molecular weight excluding hydrogens is 537 g/mol. The molecule has 0 radical (unpaired) electrons. The van der Waals surface area contributed by atoms with E-state index < -0.39 is 23.8 Å². The first kappa shape index (κ1) is 26.5. The molecule has 6 heterocycles. The van der Waals surface area contributed by atoms with Gasteiger partial charge in [-0.3, -0.25) is 24.1 Å². The Morgan fingerprint density at radius 2 is 1.90 bits per heavy atom. The number of aromatic nitrogens is 3. The Kier molecular flexibility index (Phi) is 6.43. The number of hydrogen-bond acceptors (Lipinski definition) is 6. The maximum absolute atomic E-state index is 15.7. The molecule has 1 unspecified atom stereocenters. The van der Waals surface area contributed by atoms with Crippen LogP contribution in [0.15, 0.2) is 48.8 Å². The van der Waals surface area contributed by atoms with E-state index in [0.29, 0.717) is 46.8 Å². The van der Waals surface area contributed by atoms with Gasteiger partial charge in [-0.1, -0.05) is 18.2 Å². The highest BCUT2D eigenvalue weighted by Crippen LogP contribution is 2.38. The lowest BCUT2D eigenvalue weighted by molar-refractivity contribution is -0.133. The third kappa shape index (κ3) is 4.31. The van der Waals surface area contributed by atoms with Crippen LogP contribution in [0, 0.1) is 11.9 Å². The fourth-order valence-electron chi connectivity index (χ4n) is 6.67. The smallest absolute Gasteiger partial charge is 0.261 e. The third-order valence-corrected chi connectivity index (χ3v) is 8.91. The van der Waals surface area contributed by atoms with Crippen LogP contribution in [0.4, 0.5) is 4.39 Å². The van der Waals surface area contributed by atoms with Crippen LogP contribution in [0.2, 0.25) is 0 Å². The summed E-state index contributed by atoms with van der Waals surface area (Å²) in [5.41, 5.74) is 3.37. The number of pyridine rings is 1. The molecule has 3 amide bonds. The van der Waals surface area contributed by atoms with E-state index in [9.17, 15) is 14.4 Å². The van der Waals surface area contributed by atoms with Gasteiger partial charge in [-0.25, -0.2) is 4.98 Å². The van der Waals surface area contributed by atoms with Gasteiger partial charge in [0, 0.05) is 44.3 Å². The van der Waals surface area contributed by atoms with E-state index in [0.717, 1.165) is 31.5 Å². The number of imidazole rings is 1. The number of carbonyl (C=O) groups is 3. The van der Waals surface area contributed by atoms with E-state index >= 15 is 4.39 Å². The van der Waals surface area contributed by atoms with Gasteiger partial charge in [-0.05, 0) is 62.2 Å². The minimum atomic E-state index is -0.605. The van der Waals surface area contributed by atoms with E-state index in [2.05, 4.69) is 27.6 Å². The number of likely N-dealkylation sites (tertiary alicyclic amines) is 1.